The van der Waals surface area contributed by atoms with Crippen molar-refractivity contribution in [2.75, 3.05) is 0 Å². The number of primary amides is 1. The lowest BCUT2D eigenvalue weighted by Crippen LogP contribution is -2.54. The second-order valence-electron chi connectivity index (χ2n) is 3.39. The van der Waals surface area contributed by atoms with E-state index in [4.69, 9.17) is 5.73 Å². The van der Waals surface area contributed by atoms with E-state index in [-0.39, 0.29) is 0 Å². The van der Waals surface area contributed by atoms with E-state index in [0.29, 0.717) is 5.56 Å². The zero-order valence-electron chi connectivity index (χ0n) is 8.19. The van der Waals surface area contributed by atoms with Crippen LogP contribution in [0.5, 0.6) is 0 Å². The van der Waals surface area contributed by atoms with Crippen LogP contribution < -0.4 is 16.4 Å². The summed E-state index contributed by atoms with van der Waals surface area (Å²) in [6.07, 6.45) is 0. The lowest BCUT2D eigenvalue weighted by Gasteiger charge is -2.22. The number of carbonyl (C=O) groups is 3. The van der Waals surface area contributed by atoms with Crippen molar-refractivity contribution < 1.29 is 14.4 Å². The van der Waals surface area contributed by atoms with Gasteiger partial charge in [-0.3, -0.25) is 14.9 Å². The number of hydrogen-bond acceptors (Lipinski definition) is 3. The minimum atomic E-state index is -1.79. The predicted molar refractivity (Wildman–Crippen MR) is 54.0 cm³/mol. The summed E-state index contributed by atoms with van der Waals surface area (Å²) in [6, 6.07) is 7.40. The average Bonchev–Trinajstić information content (AvgIpc) is 2.56. The Morgan fingerprint density at radius 1 is 1.19 bits per heavy atom. The number of carbonyl (C=O) groups excluding carboxylic acids is 3. The monoisotopic (exact) mass is 219 g/mol. The third-order valence-electron chi connectivity index (χ3n) is 2.45. The molecule has 82 valence electrons. The number of rotatable bonds is 2. The summed E-state index contributed by atoms with van der Waals surface area (Å²) in [5.74, 6) is -1.67. The van der Waals surface area contributed by atoms with Crippen LogP contribution in [0.3, 0.4) is 0 Å². The van der Waals surface area contributed by atoms with Gasteiger partial charge in [0.15, 0.2) is 0 Å². The largest absolute Gasteiger partial charge is 0.367 e. The Bertz CT molecular complexity index is 471. The minimum absolute atomic E-state index is 0.339. The van der Waals surface area contributed by atoms with Crippen LogP contribution in [0.25, 0.3) is 0 Å². The Morgan fingerprint density at radius 2 is 1.81 bits per heavy atom. The van der Waals surface area contributed by atoms with Gasteiger partial charge in [-0.2, -0.15) is 0 Å². The molecule has 1 atom stereocenters. The average molecular weight is 219 g/mol. The van der Waals surface area contributed by atoms with Crippen LogP contribution in [-0.2, 0) is 15.1 Å². The molecule has 1 fully saturated rings. The van der Waals surface area contributed by atoms with E-state index in [2.05, 4.69) is 5.32 Å². The molecule has 1 aliphatic rings. The Labute approximate surface area is 90.8 Å². The third kappa shape index (κ3) is 1.23. The number of amides is 4. The molecule has 0 radical (unpaired) electrons. The van der Waals surface area contributed by atoms with Gasteiger partial charge in [-0.25, -0.2) is 4.79 Å². The molecule has 16 heavy (non-hydrogen) atoms. The van der Waals surface area contributed by atoms with Crippen molar-refractivity contribution in [1.29, 1.82) is 0 Å². The standard InChI is InChI=1S/C10H9N3O3/c11-7(14)10(6-4-2-1-3-5-6)8(15)12-9(16)13-10/h1-5H,(H2,11,14)(H2,12,13,15,16)/t10-/m1/s1. The van der Waals surface area contributed by atoms with Gasteiger partial charge in [0.1, 0.15) is 0 Å². The molecular formula is C10H9N3O3. The van der Waals surface area contributed by atoms with Gasteiger partial charge < -0.3 is 11.1 Å². The molecule has 4 N–H and O–H groups in total. The van der Waals surface area contributed by atoms with Crippen molar-refractivity contribution in [3.05, 3.63) is 35.9 Å². The van der Waals surface area contributed by atoms with Crippen molar-refractivity contribution >= 4 is 17.8 Å². The first-order valence-corrected chi connectivity index (χ1v) is 4.56. The fourth-order valence-corrected chi connectivity index (χ4v) is 1.66. The molecule has 6 nitrogen and oxygen atoms in total. The molecule has 1 aromatic carbocycles. The van der Waals surface area contributed by atoms with Gasteiger partial charge in [0.25, 0.3) is 11.8 Å². The van der Waals surface area contributed by atoms with Crippen LogP contribution in [0, 0.1) is 0 Å². The van der Waals surface area contributed by atoms with Crippen LogP contribution in [0.2, 0.25) is 0 Å². The molecule has 2 rings (SSSR count). The van der Waals surface area contributed by atoms with Crippen molar-refractivity contribution in [3.8, 4) is 0 Å². The fraction of sp³-hybridized carbons (Fsp3) is 0.100. The maximum atomic E-state index is 11.7. The molecule has 6 heteroatoms. The van der Waals surface area contributed by atoms with Gasteiger partial charge in [-0.15, -0.1) is 0 Å². The highest BCUT2D eigenvalue weighted by Crippen LogP contribution is 2.24. The summed E-state index contributed by atoms with van der Waals surface area (Å²) in [7, 11) is 0. The normalized spacial score (nSPS) is 23.8. The lowest BCUT2D eigenvalue weighted by atomic mass is 9.89. The van der Waals surface area contributed by atoms with Gasteiger partial charge in [0.05, 0.1) is 0 Å². The Hall–Kier alpha value is -2.37. The molecule has 4 amide bonds. The lowest BCUT2D eigenvalue weighted by molar-refractivity contribution is -0.134. The number of benzene rings is 1. The summed E-state index contributed by atoms with van der Waals surface area (Å²) < 4.78 is 0. The first-order chi connectivity index (χ1) is 7.57. The van der Waals surface area contributed by atoms with Gasteiger partial charge in [-0.1, -0.05) is 30.3 Å². The second kappa shape index (κ2) is 3.34. The molecule has 1 heterocycles. The predicted octanol–water partition coefficient (Wildman–Crippen LogP) is -0.793. The number of urea groups is 1. The molecule has 1 aliphatic heterocycles. The Morgan fingerprint density at radius 3 is 2.25 bits per heavy atom. The molecule has 0 aliphatic carbocycles. The van der Waals surface area contributed by atoms with Crippen LogP contribution >= 0.6 is 0 Å². The van der Waals surface area contributed by atoms with E-state index >= 15 is 0 Å². The highest BCUT2D eigenvalue weighted by molar-refractivity contribution is 6.20. The maximum absolute atomic E-state index is 11.7. The molecule has 0 saturated carbocycles. The van der Waals surface area contributed by atoms with Crippen molar-refractivity contribution in [1.82, 2.24) is 10.6 Å². The summed E-state index contributed by atoms with van der Waals surface area (Å²) in [5, 5.41) is 4.26. The third-order valence-corrected chi connectivity index (χ3v) is 2.45. The second-order valence-corrected chi connectivity index (χ2v) is 3.39. The number of nitrogens with two attached hydrogens (primary N) is 1. The molecule has 1 aromatic rings. The van der Waals surface area contributed by atoms with Gasteiger partial charge in [0, 0.05) is 0 Å². The van der Waals surface area contributed by atoms with Crippen molar-refractivity contribution in [2.45, 2.75) is 5.54 Å². The maximum Gasteiger partial charge on any atom is 0.323 e. The van der Waals surface area contributed by atoms with E-state index in [1.165, 1.54) is 0 Å². The molecule has 0 unspecified atom stereocenters. The zero-order chi connectivity index (χ0) is 11.8. The number of hydrogen-bond donors (Lipinski definition) is 3. The molecule has 1 saturated heterocycles. The SMILES string of the molecule is NC(=O)[C@@]1(c2ccccc2)NC(=O)NC1=O. The van der Waals surface area contributed by atoms with E-state index in [0.717, 1.165) is 0 Å². The van der Waals surface area contributed by atoms with Gasteiger partial charge in [0.2, 0.25) is 5.54 Å². The van der Waals surface area contributed by atoms with Crippen LogP contribution in [0.4, 0.5) is 4.79 Å². The summed E-state index contributed by atoms with van der Waals surface area (Å²) >= 11 is 0. The first kappa shape index (κ1) is 10.2. The Balaban J connectivity index is 2.58. The van der Waals surface area contributed by atoms with E-state index in [9.17, 15) is 14.4 Å². The highest BCUT2D eigenvalue weighted by Gasteiger charge is 2.52. The molecule has 0 bridgehead atoms. The highest BCUT2D eigenvalue weighted by atomic mass is 16.2. The van der Waals surface area contributed by atoms with E-state index < -0.39 is 23.4 Å². The fourth-order valence-electron chi connectivity index (χ4n) is 1.66. The van der Waals surface area contributed by atoms with Crippen LogP contribution in [-0.4, -0.2) is 17.8 Å². The first-order valence-electron chi connectivity index (χ1n) is 4.56. The van der Waals surface area contributed by atoms with Gasteiger partial charge >= 0.3 is 6.03 Å². The van der Waals surface area contributed by atoms with E-state index in [1.807, 2.05) is 5.32 Å². The summed E-state index contributed by atoms with van der Waals surface area (Å²) in [6.45, 7) is 0. The van der Waals surface area contributed by atoms with Crippen molar-refractivity contribution in [3.63, 3.8) is 0 Å². The summed E-state index contributed by atoms with van der Waals surface area (Å²) in [5.41, 5.74) is 3.75. The molecular weight excluding hydrogens is 210 g/mol. The van der Waals surface area contributed by atoms with E-state index in [1.54, 1.807) is 30.3 Å². The smallest absolute Gasteiger partial charge is 0.323 e. The quantitative estimate of drug-likeness (QED) is 0.448. The molecule has 0 aromatic heterocycles. The van der Waals surface area contributed by atoms with Crippen molar-refractivity contribution in [2.24, 2.45) is 5.73 Å². The zero-order valence-corrected chi connectivity index (χ0v) is 8.19. The minimum Gasteiger partial charge on any atom is -0.367 e. The summed E-state index contributed by atoms with van der Waals surface area (Å²) in [4.78, 5) is 34.2. The number of imide groups is 1. The topological polar surface area (TPSA) is 101 Å². The van der Waals surface area contributed by atoms with Gasteiger partial charge in [-0.05, 0) is 5.56 Å². The number of nitrogens with one attached hydrogen (secondary N) is 2. The Kier molecular flexibility index (Phi) is 2.12. The van der Waals surface area contributed by atoms with Crippen LogP contribution in [0.15, 0.2) is 30.3 Å². The van der Waals surface area contributed by atoms with Crippen LogP contribution in [0.1, 0.15) is 5.56 Å². The molecule has 0 spiro atoms.